The van der Waals surface area contributed by atoms with Gasteiger partial charge in [0.25, 0.3) is 11.6 Å². The number of ether oxygens (including phenoxy) is 1. The molecule has 1 N–H and O–H groups in total. The molecule has 12 heteroatoms. The van der Waals surface area contributed by atoms with E-state index in [2.05, 4.69) is 31.0 Å². The van der Waals surface area contributed by atoms with E-state index < -0.39 is 10.8 Å². The van der Waals surface area contributed by atoms with Crippen LogP contribution in [0.15, 0.2) is 53.6 Å². The number of nitro groups is 1. The minimum Gasteiger partial charge on any atom is -0.379 e. The van der Waals surface area contributed by atoms with Crippen LogP contribution >= 0.6 is 0 Å². The molecule has 5 rings (SSSR count). The van der Waals surface area contributed by atoms with Gasteiger partial charge in [0.15, 0.2) is 5.82 Å². The zero-order valence-corrected chi connectivity index (χ0v) is 20.3. The number of amides is 1. The number of hydrazone groups is 1. The Balaban J connectivity index is 1.31. The normalized spacial score (nSPS) is 18.1. The summed E-state index contributed by atoms with van der Waals surface area (Å²) >= 11 is 0. The molecule has 2 aromatic carbocycles. The highest BCUT2D eigenvalue weighted by Crippen LogP contribution is 2.42. The molecule has 0 bridgehead atoms. The number of carbonyl (C=O) groups excluding carboxylic acids is 1. The third-order valence-corrected chi connectivity index (χ3v) is 7.02. The molecule has 2 fully saturated rings. The molecule has 0 atom stereocenters. The topological polar surface area (TPSA) is 141 Å². The largest absolute Gasteiger partial charge is 0.379 e. The highest BCUT2D eigenvalue weighted by Gasteiger charge is 2.44. The Morgan fingerprint density at radius 1 is 1.11 bits per heavy atom. The van der Waals surface area contributed by atoms with Gasteiger partial charge >= 0.3 is 0 Å². The number of aromatic nitrogens is 4. The Labute approximate surface area is 213 Å². The Bertz CT molecular complexity index is 1280. The van der Waals surface area contributed by atoms with Gasteiger partial charge in [-0.2, -0.15) is 9.78 Å². The van der Waals surface area contributed by atoms with Crippen molar-refractivity contribution in [3.05, 3.63) is 75.6 Å². The van der Waals surface area contributed by atoms with Crippen LogP contribution in [0.5, 0.6) is 0 Å². The van der Waals surface area contributed by atoms with E-state index in [-0.39, 0.29) is 11.2 Å². The van der Waals surface area contributed by atoms with Crippen LogP contribution in [-0.4, -0.2) is 68.5 Å². The summed E-state index contributed by atoms with van der Waals surface area (Å²) in [7, 11) is 0. The van der Waals surface area contributed by atoms with E-state index in [1.54, 1.807) is 28.9 Å². The van der Waals surface area contributed by atoms with Crippen LogP contribution in [0.25, 0.3) is 5.69 Å². The van der Waals surface area contributed by atoms with Gasteiger partial charge in [-0.25, -0.2) is 5.43 Å². The van der Waals surface area contributed by atoms with Crippen molar-refractivity contribution in [3.63, 3.8) is 0 Å². The first-order chi connectivity index (χ1) is 18.1. The van der Waals surface area contributed by atoms with Crippen LogP contribution in [0.2, 0.25) is 0 Å². The zero-order chi connectivity index (χ0) is 25.7. The Hall–Kier alpha value is -4.03. The predicted molar refractivity (Wildman–Crippen MR) is 134 cm³/mol. The van der Waals surface area contributed by atoms with Gasteiger partial charge in [0.1, 0.15) is 0 Å². The number of carbonyl (C=O) groups is 1. The van der Waals surface area contributed by atoms with Gasteiger partial charge < -0.3 is 4.74 Å². The quantitative estimate of drug-likeness (QED) is 0.294. The Morgan fingerprint density at radius 2 is 1.86 bits per heavy atom. The molecule has 1 aliphatic heterocycles. The Morgan fingerprint density at radius 3 is 2.59 bits per heavy atom. The number of non-ortho nitro benzene ring substituents is 1. The molecule has 2 heterocycles. The van der Waals surface area contributed by atoms with Crippen LogP contribution in [0.4, 0.5) is 5.69 Å². The number of nitrogens with one attached hydrogen (secondary N) is 1. The molecule has 1 saturated heterocycles. The monoisotopic (exact) mass is 504 g/mol. The zero-order valence-electron chi connectivity index (χ0n) is 20.3. The van der Waals surface area contributed by atoms with Crippen molar-refractivity contribution in [2.75, 3.05) is 26.3 Å². The van der Waals surface area contributed by atoms with Gasteiger partial charge in [0.05, 0.1) is 35.6 Å². The highest BCUT2D eigenvalue weighted by molar-refractivity contribution is 5.95. The maximum Gasteiger partial charge on any atom is 0.271 e. The molecule has 0 spiro atoms. The first-order valence-electron chi connectivity index (χ1n) is 12.4. The van der Waals surface area contributed by atoms with Crippen LogP contribution in [0.3, 0.4) is 0 Å². The second-order valence-electron chi connectivity index (χ2n) is 9.20. The van der Waals surface area contributed by atoms with Gasteiger partial charge in [-0.3, -0.25) is 19.8 Å². The van der Waals surface area contributed by atoms with Gasteiger partial charge in [-0.15, -0.1) is 5.10 Å². The maximum absolute atomic E-state index is 12.6. The van der Waals surface area contributed by atoms with Gasteiger partial charge in [-0.1, -0.05) is 31.4 Å². The second kappa shape index (κ2) is 10.9. The SMILES string of the molecule is O=C(N/N=C/c1cccc([N+](=O)[O-])c1)c1ccc(-n2nnnc2C2(N3CCOCC3)CCCCC2)cc1. The molecule has 1 saturated carbocycles. The first kappa shape index (κ1) is 24.7. The lowest BCUT2D eigenvalue weighted by Gasteiger charge is -2.46. The van der Waals surface area contributed by atoms with E-state index in [1.165, 1.54) is 24.8 Å². The molecule has 3 aromatic rings. The molecule has 1 aliphatic carbocycles. The molecule has 12 nitrogen and oxygen atoms in total. The van der Waals surface area contributed by atoms with Crippen molar-refractivity contribution < 1.29 is 14.5 Å². The number of rotatable bonds is 7. The fourth-order valence-corrected chi connectivity index (χ4v) is 5.16. The predicted octanol–water partition coefficient (Wildman–Crippen LogP) is 2.83. The molecule has 37 heavy (non-hydrogen) atoms. The van der Waals surface area contributed by atoms with Crippen LogP contribution in [0, 0.1) is 10.1 Å². The number of hydrogen-bond donors (Lipinski definition) is 1. The number of nitrogens with zero attached hydrogens (tertiary/aromatic N) is 7. The van der Waals surface area contributed by atoms with Crippen molar-refractivity contribution >= 4 is 17.8 Å². The lowest BCUT2D eigenvalue weighted by Crippen LogP contribution is -2.53. The van der Waals surface area contributed by atoms with Crippen molar-refractivity contribution in [1.82, 2.24) is 30.5 Å². The van der Waals surface area contributed by atoms with Crippen LogP contribution in [-0.2, 0) is 10.3 Å². The third kappa shape index (κ3) is 5.25. The molecule has 192 valence electrons. The number of nitro benzene ring substituents is 1. The lowest BCUT2D eigenvalue weighted by atomic mass is 9.79. The summed E-state index contributed by atoms with van der Waals surface area (Å²) < 4.78 is 7.38. The summed E-state index contributed by atoms with van der Waals surface area (Å²) in [6.45, 7) is 3.11. The summed E-state index contributed by atoms with van der Waals surface area (Å²) in [5.41, 5.74) is 3.87. The van der Waals surface area contributed by atoms with Gasteiger partial charge in [-0.05, 0) is 47.5 Å². The number of tetrazole rings is 1. The average molecular weight is 505 g/mol. The second-order valence-corrected chi connectivity index (χ2v) is 9.20. The summed E-state index contributed by atoms with van der Waals surface area (Å²) in [6, 6.07) is 13.0. The molecule has 2 aliphatic rings. The van der Waals surface area contributed by atoms with Crippen molar-refractivity contribution in [2.45, 2.75) is 37.6 Å². The van der Waals surface area contributed by atoms with E-state index in [1.807, 2.05) is 12.1 Å². The summed E-state index contributed by atoms with van der Waals surface area (Å²) in [4.78, 5) is 25.5. The first-order valence-corrected chi connectivity index (χ1v) is 12.4. The standard InChI is InChI=1S/C25H28N8O4/c34-23(27-26-18-19-5-4-6-22(17-19)33(35)36)20-7-9-21(10-8-20)32-24(28-29-30-32)25(11-2-1-3-12-25)31-13-15-37-16-14-31/h4-10,17-18H,1-3,11-16H2,(H,27,34)/b26-18+. The van der Waals surface area contributed by atoms with E-state index in [9.17, 15) is 14.9 Å². The molecule has 1 aromatic heterocycles. The third-order valence-electron chi connectivity index (χ3n) is 7.02. The van der Waals surface area contributed by atoms with Crippen molar-refractivity contribution in [2.24, 2.45) is 5.10 Å². The van der Waals surface area contributed by atoms with Gasteiger partial charge in [0.2, 0.25) is 0 Å². The molecule has 0 unspecified atom stereocenters. The van der Waals surface area contributed by atoms with Crippen molar-refractivity contribution in [1.29, 1.82) is 0 Å². The number of morpholine rings is 1. The average Bonchev–Trinajstić information content (AvgIpc) is 3.45. The van der Waals surface area contributed by atoms with Crippen molar-refractivity contribution in [3.8, 4) is 5.69 Å². The van der Waals surface area contributed by atoms with Crippen LogP contribution in [0.1, 0.15) is 53.8 Å². The fraction of sp³-hybridized carbons (Fsp3) is 0.400. The van der Waals surface area contributed by atoms with E-state index >= 15 is 0 Å². The van der Waals surface area contributed by atoms with Gasteiger partial charge in [0, 0.05) is 36.3 Å². The smallest absolute Gasteiger partial charge is 0.271 e. The summed E-state index contributed by atoms with van der Waals surface area (Å²) in [6.07, 6.45) is 6.82. The molecular formula is C25H28N8O4. The number of hydrogen-bond acceptors (Lipinski definition) is 9. The number of benzene rings is 2. The molecular weight excluding hydrogens is 476 g/mol. The lowest BCUT2D eigenvalue weighted by molar-refractivity contribution is -0.384. The van der Waals surface area contributed by atoms with E-state index in [4.69, 9.17) is 4.74 Å². The minimum atomic E-state index is -0.482. The molecule has 0 radical (unpaired) electrons. The van der Waals surface area contributed by atoms with E-state index in [0.717, 1.165) is 50.3 Å². The summed E-state index contributed by atoms with van der Waals surface area (Å²) in [5, 5.41) is 27.7. The molecule has 1 amide bonds. The van der Waals surface area contributed by atoms with Crippen LogP contribution < -0.4 is 5.43 Å². The highest BCUT2D eigenvalue weighted by atomic mass is 16.6. The summed E-state index contributed by atoms with van der Waals surface area (Å²) in [5.74, 6) is 0.426. The fourth-order valence-electron chi connectivity index (χ4n) is 5.16. The van der Waals surface area contributed by atoms with E-state index in [0.29, 0.717) is 24.3 Å². The Kier molecular flexibility index (Phi) is 7.28. The minimum absolute atomic E-state index is 0.0449. The maximum atomic E-state index is 12.6.